The maximum atomic E-state index is 13.2. The number of hydrogen-bond acceptors (Lipinski definition) is 3. The van der Waals surface area contributed by atoms with Crippen molar-refractivity contribution in [3.8, 4) is 0 Å². The van der Waals surface area contributed by atoms with Crippen molar-refractivity contribution in [3.05, 3.63) is 29.6 Å². The number of aromatic nitrogens is 1. The average Bonchev–Trinajstić information content (AvgIpc) is 2.15. The summed E-state index contributed by atoms with van der Waals surface area (Å²) >= 11 is 0. The van der Waals surface area contributed by atoms with Crippen LogP contribution in [-0.2, 0) is 9.59 Å². The van der Waals surface area contributed by atoms with Crippen LogP contribution in [0.25, 0.3) is 0 Å². The highest BCUT2D eigenvalue weighted by atomic mass is 19.1. The Bertz CT molecular complexity index is 415. The lowest BCUT2D eigenvalue weighted by atomic mass is 9.96. The molecule has 1 atom stereocenters. The van der Waals surface area contributed by atoms with E-state index in [1.807, 2.05) is 0 Å². The first-order valence-corrected chi connectivity index (χ1v) is 4.17. The quantitative estimate of drug-likeness (QED) is 0.807. The van der Waals surface area contributed by atoms with Crippen LogP contribution in [-0.4, -0.2) is 27.1 Å². The molecule has 1 heterocycles. The number of carboxylic acids is 2. The van der Waals surface area contributed by atoms with Crippen molar-refractivity contribution >= 4 is 11.9 Å². The molecule has 7 heteroatoms. The first-order valence-electron chi connectivity index (χ1n) is 4.17. The topological polar surface area (TPSA) is 87.5 Å². The molecule has 86 valence electrons. The van der Waals surface area contributed by atoms with Gasteiger partial charge in [0.2, 0.25) is 0 Å². The van der Waals surface area contributed by atoms with Crippen molar-refractivity contribution in [2.45, 2.75) is 12.3 Å². The van der Waals surface area contributed by atoms with Crippen molar-refractivity contribution in [1.29, 1.82) is 0 Å². The Morgan fingerprint density at radius 1 is 1.25 bits per heavy atom. The molecule has 0 aliphatic carbocycles. The third-order valence-corrected chi connectivity index (χ3v) is 1.92. The lowest BCUT2D eigenvalue weighted by molar-refractivity contribution is -0.145. The molecule has 1 aromatic rings. The summed E-state index contributed by atoms with van der Waals surface area (Å²) in [5.74, 6) is -7.17. The third kappa shape index (κ3) is 2.50. The zero-order valence-corrected chi connectivity index (χ0v) is 7.85. The second-order valence-electron chi connectivity index (χ2n) is 3.01. The second kappa shape index (κ2) is 4.65. The van der Waals surface area contributed by atoms with E-state index in [0.29, 0.717) is 12.4 Å². The molecule has 0 aliphatic rings. The highest BCUT2D eigenvalue weighted by Gasteiger charge is 2.29. The normalized spacial score (nSPS) is 12.1. The Labute approximate surface area is 88.4 Å². The summed E-state index contributed by atoms with van der Waals surface area (Å²) in [4.78, 5) is 24.3. The summed E-state index contributed by atoms with van der Waals surface area (Å²) in [5.41, 5.74) is -0.787. The van der Waals surface area contributed by atoms with Crippen LogP contribution in [0.5, 0.6) is 0 Å². The van der Waals surface area contributed by atoms with E-state index in [-0.39, 0.29) is 0 Å². The first-order chi connectivity index (χ1) is 7.43. The Balaban J connectivity index is 3.20. The van der Waals surface area contributed by atoms with Crippen LogP contribution in [0.3, 0.4) is 0 Å². The highest BCUT2D eigenvalue weighted by Crippen LogP contribution is 2.25. The molecule has 1 aromatic heterocycles. The number of carbonyl (C=O) groups is 2. The van der Waals surface area contributed by atoms with E-state index in [0.717, 1.165) is 0 Å². The van der Waals surface area contributed by atoms with Gasteiger partial charge < -0.3 is 10.2 Å². The number of rotatable bonds is 4. The molecule has 0 fully saturated rings. The average molecular weight is 231 g/mol. The van der Waals surface area contributed by atoms with E-state index in [4.69, 9.17) is 10.2 Å². The zero-order chi connectivity index (χ0) is 12.3. The molecular formula is C9H7F2NO4. The van der Waals surface area contributed by atoms with Crippen molar-refractivity contribution in [2.75, 3.05) is 0 Å². The van der Waals surface area contributed by atoms with Gasteiger partial charge in [-0.05, 0) is 0 Å². The van der Waals surface area contributed by atoms with Crippen molar-refractivity contribution in [1.82, 2.24) is 4.98 Å². The lowest BCUT2D eigenvalue weighted by Crippen LogP contribution is -2.18. The summed E-state index contributed by atoms with van der Waals surface area (Å²) < 4.78 is 26.3. The third-order valence-electron chi connectivity index (χ3n) is 1.92. The zero-order valence-electron chi connectivity index (χ0n) is 7.85. The van der Waals surface area contributed by atoms with Gasteiger partial charge in [-0.1, -0.05) is 0 Å². The summed E-state index contributed by atoms with van der Waals surface area (Å²) in [7, 11) is 0. The number of aliphatic carboxylic acids is 2. The molecule has 5 nitrogen and oxygen atoms in total. The van der Waals surface area contributed by atoms with Gasteiger partial charge in [0.1, 0.15) is 11.6 Å². The van der Waals surface area contributed by atoms with E-state index in [1.54, 1.807) is 0 Å². The highest BCUT2D eigenvalue weighted by molar-refractivity contribution is 5.82. The fourth-order valence-corrected chi connectivity index (χ4v) is 1.24. The summed E-state index contributed by atoms with van der Waals surface area (Å²) in [5, 5.41) is 17.2. The van der Waals surface area contributed by atoms with Crippen LogP contribution in [0.2, 0.25) is 0 Å². The first kappa shape index (κ1) is 12.0. The molecule has 2 N–H and O–H groups in total. The molecule has 1 rings (SSSR count). The van der Waals surface area contributed by atoms with Gasteiger partial charge in [-0.25, -0.2) is 8.78 Å². The number of hydrogen-bond donors (Lipinski definition) is 2. The standard InChI is InChI=1S/C9H7F2NO4/c10-5-2-12-3-6(11)8(5)4(9(15)16)1-7(13)14/h2-4H,1H2,(H,13,14)(H,15,16). The maximum Gasteiger partial charge on any atom is 0.311 e. The Hall–Kier alpha value is -2.05. The molecule has 0 spiro atoms. The summed E-state index contributed by atoms with van der Waals surface area (Å²) in [6.45, 7) is 0. The van der Waals surface area contributed by atoms with Crippen LogP contribution in [0.4, 0.5) is 8.78 Å². The van der Waals surface area contributed by atoms with Gasteiger partial charge in [0.25, 0.3) is 0 Å². The van der Waals surface area contributed by atoms with Crippen molar-refractivity contribution < 1.29 is 28.6 Å². The van der Waals surface area contributed by atoms with Crippen LogP contribution in [0.15, 0.2) is 12.4 Å². The maximum absolute atomic E-state index is 13.2. The molecule has 0 radical (unpaired) electrons. The van der Waals surface area contributed by atoms with Crippen molar-refractivity contribution in [3.63, 3.8) is 0 Å². The van der Waals surface area contributed by atoms with Crippen LogP contribution in [0, 0.1) is 11.6 Å². The van der Waals surface area contributed by atoms with Crippen LogP contribution < -0.4 is 0 Å². The van der Waals surface area contributed by atoms with Crippen molar-refractivity contribution in [2.24, 2.45) is 0 Å². The van der Waals surface area contributed by atoms with Crippen LogP contribution >= 0.6 is 0 Å². The Kier molecular flexibility index (Phi) is 3.49. The predicted molar refractivity (Wildman–Crippen MR) is 46.8 cm³/mol. The molecule has 0 saturated heterocycles. The van der Waals surface area contributed by atoms with Gasteiger partial charge in [0.15, 0.2) is 0 Å². The Morgan fingerprint density at radius 2 is 1.75 bits per heavy atom. The molecule has 0 aliphatic heterocycles. The minimum absolute atomic E-state index is 0.635. The van der Waals surface area contributed by atoms with E-state index in [2.05, 4.69) is 4.98 Å². The van der Waals surface area contributed by atoms with Gasteiger partial charge in [0.05, 0.1) is 24.7 Å². The molecule has 0 amide bonds. The van der Waals surface area contributed by atoms with Gasteiger partial charge >= 0.3 is 11.9 Å². The Morgan fingerprint density at radius 3 is 2.12 bits per heavy atom. The van der Waals surface area contributed by atoms with E-state index in [9.17, 15) is 18.4 Å². The molecular weight excluding hydrogens is 224 g/mol. The van der Waals surface area contributed by atoms with E-state index >= 15 is 0 Å². The van der Waals surface area contributed by atoms with E-state index < -0.39 is 41.5 Å². The number of carboxylic acid groups (broad SMARTS) is 2. The minimum Gasteiger partial charge on any atom is -0.481 e. The number of pyridine rings is 1. The monoisotopic (exact) mass is 231 g/mol. The van der Waals surface area contributed by atoms with Gasteiger partial charge in [0, 0.05) is 5.56 Å². The van der Waals surface area contributed by atoms with Gasteiger partial charge in [-0.3, -0.25) is 14.6 Å². The predicted octanol–water partition coefficient (Wildman–Crippen LogP) is 1.00. The van der Waals surface area contributed by atoms with E-state index in [1.165, 1.54) is 0 Å². The molecule has 0 aromatic carbocycles. The molecule has 0 saturated carbocycles. The second-order valence-corrected chi connectivity index (χ2v) is 3.01. The number of halogens is 2. The minimum atomic E-state index is -1.76. The van der Waals surface area contributed by atoms with Gasteiger partial charge in [-0.15, -0.1) is 0 Å². The molecule has 0 bridgehead atoms. The molecule has 16 heavy (non-hydrogen) atoms. The summed E-state index contributed by atoms with van der Waals surface area (Å²) in [6.07, 6.45) is 0.375. The largest absolute Gasteiger partial charge is 0.481 e. The van der Waals surface area contributed by atoms with Crippen LogP contribution in [0.1, 0.15) is 17.9 Å². The smallest absolute Gasteiger partial charge is 0.311 e. The molecule has 1 unspecified atom stereocenters. The SMILES string of the molecule is O=C(O)CC(C(=O)O)c1c(F)cncc1F. The fourth-order valence-electron chi connectivity index (χ4n) is 1.24. The number of nitrogens with zero attached hydrogens (tertiary/aromatic N) is 1. The fraction of sp³-hybridized carbons (Fsp3) is 0.222. The summed E-state index contributed by atoms with van der Waals surface area (Å²) in [6, 6.07) is 0. The van der Waals surface area contributed by atoms with Gasteiger partial charge in [-0.2, -0.15) is 0 Å². The lowest BCUT2D eigenvalue weighted by Gasteiger charge is -2.11.